The lowest BCUT2D eigenvalue weighted by Crippen LogP contribution is -1.92. The highest BCUT2D eigenvalue weighted by Crippen LogP contribution is 1.96. The maximum absolute atomic E-state index is 10.0. The van der Waals surface area contributed by atoms with E-state index in [1.54, 1.807) is 0 Å². The number of carboxylic acid groups (broad SMARTS) is 1. The zero-order valence-corrected chi connectivity index (χ0v) is 6.49. The summed E-state index contributed by atoms with van der Waals surface area (Å²) >= 11 is 0. The van der Waals surface area contributed by atoms with E-state index in [1.165, 1.54) is 0 Å². The van der Waals surface area contributed by atoms with Crippen molar-refractivity contribution in [1.29, 1.82) is 0 Å². The smallest absolute Gasteiger partial charge is 0.303 e. The standard InChI is InChI=1S/C8H14O3/c9-7-5-3-1-2-4-6-8(10)11/h1,3,9H,2,4-7H2,(H,10,11)/b3-1-. The normalized spacial score (nSPS) is 10.6. The second-order valence-corrected chi connectivity index (χ2v) is 2.27. The molecule has 0 heterocycles. The monoisotopic (exact) mass is 158 g/mol. The van der Waals surface area contributed by atoms with Crippen molar-refractivity contribution in [2.75, 3.05) is 6.61 Å². The van der Waals surface area contributed by atoms with Gasteiger partial charge in [0.1, 0.15) is 0 Å². The fraction of sp³-hybridized carbons (Fsp3) is 0.625. The number of carbonyl (C=O) groups is 1. The van der Waals surface area contributed by atoms with E-state index in [-0.39, 0.29) is 13.0 Å². The molecule has 0 fully saturated rings. The van der Waals surface area contributed by atoms with Gasteiger partial charge in [-0.2, -0.15) is 0 Å². The van der Waals surface area contributed by atoms with Crippen molar-refractivity contribution >= 4 is 5.97 Å². The van der Waals surface area contributed by atoms with E-state index in [2.05, 4.69) is 0 Å². The van der Waals surface area contributed by atoms with Crippen LogP contribution in [0, 0.1) is 0 Å². The summed E-state index contributed by atoms with van der Waals surface area (Å²) in [6.07, 6.45) is 6.11. The first kappa shape index (κ1) is 10.2. The molecule has 11 heavy (non-hydrogen) atoms. The second kappa shape index (κ2) is 7.28. The Morgan fingerprint density at radius 3 is 2.45 bits per heavy atom. The van der Waals surface area contributed by atoms with Gasteiger partial charge in [0, 0.05) is 13.0 Å². The van der Waals surface area contributed by atoms with E-state index in [9.17, 15) is 4.79 Å². The van der Waals surface area contributed by atoms with Crippen molar-refractivity contribution in [3.8, 4) is 0 Å². The van der Waals surface area contributed by atoms with E-state index in [0.29, 0.717) is 12.8 Å². The van der Waals surface area contributed by atoms with Crippen molar-refractivity contribution < 1.29 is 15.0 Å². The molecule has 0 aliphatic rings. The maximum Gasteiger partial charge on any atom is 0.303 e. The minimum atomic E-state index is -0.749. The van der Waals surface area contributed by atoms with Crippen molar-refractivity contribution in [2.45, 2.75) is 25.7 Å². The number of aliphatic carboxylic acids is 1. The molecule has 0 unspecified atom stereocenters. The van der Waals surface area contributed by atoms with Crippen LogP contribution in [0.2, 0.25) is 0 Å². The summed E-state index contributed by atoms with van der Waals surface area (Å²) in [6, 6.07) is 0. The Balaban J connectivity index is 3.07. The van der Waals surface area contributed by atoms with Crippen LogP contribution in [0.3, 0.4) is 0 Å². The Bertz CT molecular complexity index is 129. The highest BCUT2D eigenvalue weighted by atomic mass is 16.4. The van der Waals surface area contributed by atoms with Crippen molar-refractivity contribution in [1.82, 2.24) is 0 Å². The fourth-order valence-corrected chi connectivity index (χ4v) is 0.681. The van der Waals surface area contributed by atoms with Crippen LogP contribution in [-0.2, 0) is 4.79 Å². The first-order valence-corrected chi connectivity index (χ1v) is 3.75. The number of aliphatic hydroxyl groups is 1. The number of unbranched alkanes of at least 4 members (excludes halogenated alkanes) is 1. The van der Waals surface area contributed by atoms with Gasteiger partial charge in [-0.15, -0.1) is 0 Å². The number of allylic oxidation sites excluding steroid dienone is 1. The van der Waals surface area contributed by atoms with Crippen LogP contribution < -0.4 is 0 Å². The Morgan fingerprint density at radius 2 is 1.91 bits per heavy atom. The van der Waals surface area contributed by atoms with Gasteiger partial charge in [-0.3, -0.25) is 4.79 Å². The molecular weight excluding hydrogens is 144 g/mol. The fourth-order valence-electron chi connectivity index (χ4n) is 0.681. The Morgan fingerprint density at radius 1 is 1.27 bits per heavy atom. The SMILES string of the molecule is O=C(O)CCC/C=C\CCO. The molecule has 64 valence electrons. The molecule has 2 N–H and O–H groups in total. The molecule has 3 heteroatoms. The van der Waals surface area contributed by atoms with Crippen molar-refractivity contribution in [3.63, 3.8) is 0 Å². The van der Waals surface area contributed by atoms with Crippen LogP contribution in [0.15, 0.2) is 12.2 Å². The molecule has 0 bridgehead atoms. The van der Waals surface area contributed by atoms with Gasteiger partial charge < -0.3 is 10.2 Å². The molecular formula is C8H14O3. The predicted octanol–water partition coefficient (Wildman–Crippen LogP) is 1.18. The first-order valence-electron chi connectivity index (χ1n) is 3.75. The highest BCUT2D eigenvalue weighted by Gasteiger charge is 1.92. The number of rotatable bonds is 6. The summed E-state index contributed by atoms with van der Waals surface area (Å²) in [5.41, 5.74) is 0. The lowest BCUT2D eigenvalue weighted by Gasteiger charge is -1.89. The molecule has 0 radical (unpaired) electrons. The van der Waals surface area contributed by atoms with E-state index in [1.807, 2.05) is 12.2 Å². The predicted molar refractivity (Wildman–Crippen MR) is 42.3 cm³/mol. The summed E-state index contributed by atoms with van der Waals surface area (Å²) in [7, 11) is 0. The molecule has 0 aliphatic heterocycles. The Hall–Kier alpha value is -0.830. The van der Waals surface area contributed by atoms with Gasteiger partial charge >= 0.3 is 5.97 Å². The van der Waals surface area contributed by atoms with Crippen LogP contribution in [0.4, 0.5) is 0 Å². The molecule has 0 amide bonds. The third kappa shape index (κ3) is 9.17. The van der Waals surface area contributed by atoms with E-state index < -0.39 is 5.97 Å². The van der Waals surface area contributed by atoms with Crippen LogP contribution in [-0.4, -0.2) is 22.8 Å². The first-order chi connectivity index (χ1) is 5.27. The molecule has 3 nitrogen and oxygen atoms in total. The third-order valence-corrected chi connectivity index (χ3v) is 1.22. The lowest BCUT2D eigenvalue weighted by atomic mass is 10.2. The zero-order valence-electron chi connectivity index (χ0n) is 6.49. The largest absolute Gasteiger partial charge is 0.481 e. The van der Waals surface area contributed by atoms with E-state index in [4.69, 9.17) is 10.2 Å². The molecule has 0 saturated heterocycles. The van der Waals surface area contributed by atoms with Gasteiger partial charge in [-0.25, -0.2) is 0 Å². The van der Waals surface area contributed by atoms with Crippen LogP contribution in [0.5, 0.6) is 0 Å². The van der Waals surface area contributed by atoms with E-state index in [0.717, 1.165) is 6.42 Å². The molecule has 0 aliphatic carbocycles. The van der Waals surface area contributed by atoms with Crippen molar-refractivity contribution in [2.24, 2.45) is 0 Å². The summed E-state index contributed by atoms with van der Waals surface area (Å²) < 4.78 is 0. The maximum atomic E-state index is 10.0. The van der Waals surface area contributed by atoms with Gasteiger partial charge in [-0.1, -0.05) is 12.2 Å². The van der Waals surface area contributed by atoms with Gasteiger partial charge in [-0.05, 0) is 19.3 Å². The molecule has 0 aromatic carbocycles. The Kier molecular flexibility index (Phi) is 6.73. The molecule has 0 atom stereocenters. The van der Waals surface area contributed by atoms with Crippen LogP contribution >= 0.6 is 0 Å². The molecule has 0 rings (SSSR count). The molecule has 0 saturated carbocycles. The Labute approximate surface area is 66.4 Å². The third-order valence-electron chi connectivity index (χ3n) is 1.22. The summed E-state index contributed by atoms with van der Waals surface area (Å²) in [4.78, 5) is 10.0. The molecule has 0 spiro atoms. The lowest BCUT2D eigenvalue weighted by molar-refractivity contribution is -0.137. The average Bonchev–Trinajstić information content (AvgIpc) is 1.96. The summed E-state index contributed by atoms with van der Waals surface area (Å²) in [5.74, 6) is -0.749. The van der Waals surface area contributed by atoms with Crippen molar-refractivity contribution in [3.05, 3.63) is 12.2 Å². The van der Waals surface area contributed by atoms with Gasteiger partial charge in [0.2, 0.25) is 0 Å². The topological polar surface area (TPSA) is 57.5 Å². The average molecular weight is 158 g/mol. The van der Waals surface area contributed by atoms with Gasteiger partial charge in [0.15, 0.2) is 0 Å². The minimum absolute atomic E-state index is 0.162. The van der Waals surface area contributed by atoms with Gasteiger partial charge in [0.25, 0.3) is 0 Å². The zero-order chi connectivity index (χ0) is 8.53. The summed E-state index contributed by atoms with van der Waals surface area (Å²) in [6.45, 7) is 0.162. The second-order valence-electron chi connectivity index (χ2n) is 2.27. The summed E-state index contributed by atoms with van der Waals surface area (Å²) in [5, 5.41) is 16.6. The van der Waals surface area contributed by atoms with Gasteiger partial charge in [0.05, 0.1) is 0 Å². The number of hydrogen-bond donors (Lipinski definition) is 2. The number of carboxylic acids is 1. The van der Waals surface area contributed by atoms with E-state index >= 15 is 0 Å². The van der Waals surface area contributed by atoms with Crippen LogP contribution in [0.1, 0.15) is 25.7 Å². The number of aliphatic hydroxyl groups excluding tert-OH is 1. The highest BCUT2D eigenvalue weighted by molar-refractivity contribution is 5.66. The molecule has 0 aromatic rings. The molecule has 0 aromatic heterocycles. The van der Waals surface area contributed by atoms with Crippen LogP contribution in [0.25, 0.3) is 0 Å². The minimum Gasteiger partial charge on any atom is -0.481 e. The quantitative estimate of drug-likeness (QED) is 0.450. The number of hydrogen-bond acceptors (Lipinski definition) is 2.